The Labute approximate surface area is 206 Å². The molecule has 1 aliphatic heterocycles. The monoisotopic (exact) mass is 482 g/mol. The summed E-state index contributed by atoms with van der Waals surface area (Å²) in [7, 11) is 1.60. The summed E-state index contributed by atoms with van der Waals surface area (Å²) in [4.78, 5) is 28.5. The van der Waals surface area contributed by atoms with Crippen molar-refractivity contribution in [3.8, 4) is 11.5 Å². The Morgan fingerprint density at radius 2 is 1.83 bits per heavy atom. The van der Waals surface area contributed by atoms with E-state index < -0.39 is 4.92 Å². The fourth-order valence-electron chi connectivity index (χ4n) is 4.24. The number of amides is 1. The van der Waals surface area contributed by atoms with Crippen molar-refractivity contribution in [1.29, 1.82) is 0 Å². The molecular formula is C27H22N4O5. The largest absolute Gasteiger partial charge is 0.497 e. The highest BCUT2D eigenvalue weighted by Crippen LogP contribution is 2.35. The van der Waals surface area contributed by atoms with Crippen LogP contribution in [0.3, 0.4) is 0 Å². The number of nitro benzene ring substituents is 1. The van der Waals surface area contributed by atoms with Crippen LogP contribution in [0.5, 0.6) is 11.5 Å². The number of pyridine rings is 1. The number of carbonyl (C=O) groups excluding carboxylic acids is 1. The van der Waals surface area contributed by atoms with E-state index in [4.69, 9.17) is 9.47 Å². The fraction of sp³-hybridized carbons (Fsp3) is 0.148. The molecule has 180 valence electrons. The highest BCUT2D eigenvalue weighted by atomic mass is 16.6. The lowest BCUT2D eigenvalue weighted by molar-refractivity contribution is -0.383. The van der Waals surface area contributed by atoms with Crippen molar-refractivity contribution in [2.75, 3.05) is 13.7 Å². The third-order valence-corrected chi connectivity index (χ3v) is 6.03. The van der Waals surface area contributed by atoms with Crippen LogP contribution in [0.2, 0.25) is 0 Å². The number of hydrazone groups is 1. The fourth-order valence-corrected chi connectivity index (χ4v) is 4.24. The first-order valence-electron chi connectivity index (χ1n) is 11.3. The summed E-state index contributed by atoms with van der Waals surface area (Å²) in [6.45, 7) is -0.304. The Hall–Kier alpha value is -4.79. The van der Waals surface area contributed by atoms with Gasteiger partial charge in [0.05, 0.1) is 29.2 Å². The van der Waals surface area contributed by atoms with Crippen molar-refractivity contribution in [3.63, 3.8) is 0 Å². The van der Waals surface area contributed by atoms with Crippen LogP contribution >= 0.6 is 0 Å². The Morgan fingerprint density at radius 1 is 1.06 bits per heavy atom. The van der Waals surface area contributed by atoms with Gasteiger partial charge in [-0.2, -0.15) is 5.10 Å². The Morgan fingerprint density at radius 3 is 2.56 bits per heavy atom. The van der Waals surface area contributed by atoms with Gasteiger partial charge in [0, 0.05) is 18.7 Å². The number of rotatable bonds is 7. The maximum atomic E-state index is 13.4. The van der Waals surface area contributed by atoms with Crippen LogP contribution in [0.25, 0.3) is 10.9 Å². The second-order valence-corrected chi connectivity index (χ2v) is 8.17. The molecule has 1 aromatic heterocycles. The number of methoxy groups -OCH3 is 1. The van der Waals surface area contributed by atoms with E-state index in [0.29, 0.717) is 17.3 Å². The number of nitrogens with zero attached hydrogens (tertiary/aromatic N) is 4. The first-order valence-corrected chi connectivity index (χ1v) is 11.3. The van der Waals surface area contributed by atoms with Gasteiger partial charge in [0.25, 0.3) is 11.6 Å². The number of benzene rings is 3. The number of hydrogen-bond acceptors (Lipinski definition) is 7. The van der Waals surface area contributed by atoms with E-state index in [2.05, 4.69) is 10.1 Å². The standard InChI is InChI=1S/C27H22N4O5/c1-35-20-11-9-19(10-12-20)24-16-22(18-6-3-2-4-7-18)29-30(24)26(32)17-36-25-14-13-23(31(33)34)21-8-5-15-28-27(21)25/h2-15,24H,16-17H2,1H3. The van der Waals surface area contributed by atoms with Crippen LogP contribution in [-0.4, -0.2) is 40.3 Å². The minimum atomic E-state index is -0.470. The lowest BCUT2D eigenvalue weighted by Crippen LogP contribution is -2.31. The summed E-state index contributed by atoms with van der Waals surface area (Å²) in [6, 6.07) is 23.0. The van der Waals surface area contributed by atoms with E-state index in [1.807, 2.05) is 54.6 Å². The maximum Gasteiger partial charge on any atom is 0.281 e. The number of aromatic nitrogens is 1. The van der Waals surface area contributed by atoms with E-state index in [9.17, 15) is 14.9 Å². The number of non-ortho nitro benzene ring substituents is 1. The van der Waals surface area contributed by atoms with E-state index in [1.165, 1.54) is 23.3 Å². The molecule has 1 unspecified atom stereocenters. The van der Waals surface area contributed by atoms with E-state index in [0.717, 1.165) is 22.6 Å². The number of fused-ring (bicyclic) bond motifs is 1. The molecule has 3 aromatic carbocycles. The molecule has 9 nitrogen and oxygen atoms in total. The molecule has 5 rings (SSSR count). The quantitative estimate of drug-likeness (QED) is 0.274. The Kier molecular flexibility index (Phi) is 6.27. The number of carbonyl (C=O) groups is 1. The highest BCUT2D eigenvalue weighted by molar-refractivity contribution is 6.03. The van der Waals surface area contributed by atoms with Gasteiger partial charge < -0.3 is 9.47 Å². The number of hydrogen-bond donors (Lipinski definition) is 0. The summed E-state index contributed by atoms with van der Waals surface area (Å²) in [5.74, 6) is 0.667. The molecule has 36 heavy (non-hydrogen) atoms. The molecule has 1 amide bonds. The van der Waals surface area contributed by atoms with Crippen LogP contribution in [-0.2, 0) is 4.79 Å². The van der Waals surface area contributed by atoms with Crippen LogP contribution in [0, 0.1) is 10.1 Å². The van der Waals surface area contributed by atoms with Crippen molar-refractivity contribution in [3.05, 3.63) is 106 Å². The molecule has 0 aliphatic carbocycles. The third-order valence-electron chi connectivity index (χ3n) is 6.03. The van der Waals surface area contributed by atoms with E-state index in [1.54, 1.807) is 19.2 Å². The van der Waals surface area contributed by atoms with E-state index in [-0.39, 0.29) is 30.0 Å². The average Bonchev–Trinajstić information content (AvgIpc) is 3.37. The first kappa shape index (κ1) is 23.0. The van der Waals surface area contributed by atoms with Gasteiger partial charge in [-0.3, -0.25) is 19.9 Å². The van der Waals surface area contributed by atoms with Crippen LogP contribution < -0.4 is 9.47 Å². The highest BCUT2D eigenvalue weighted by Gasteiger charge is 2.33. The lowest BCUT2D eigenvalue weighted by Gasteiger charge is -2.22. The molecule has 1 atom stereocenters. The third kappa shape index (κ3) is 4.46. The van der Waals surface area contributed by atoms with Crippen molar-refractivity contribution >= 4 is 28.2 Å². The minimum absolute atomic E-state index is 0.0759. The topological polar surface area (TPSA) is 107 Å². The predicted molar refractivity (Wildman–Crippen MR) is 134 cm³/mol. The molecule has 9 heteroatoms. The number of nitro groups is 1. The zero-order chi connectivity index (χ0) is 25.1. The van der Waals surface area contributed by atoms with Gasteiger partial charge >= 0.3 is 0 Å². The zero-order valence-electron chi connectivity index (χ0n) is 19.4. The molecule has 0 fully saturated rings. The van der Waals surface area contributed by atoms with E-state index >= 15 is 0 Å². The van der Waals surface area contributed by atoms with Gasteiger partial charge in [0.1, 0.15) is 17.0 Å². The van der Waals surface area contributed by atoms with Gasteiger partial charge in [-0.1, -0.05) is 42.5 Å². The van der Waals surface area contributed by atoms with Crippen molar-refractivity contribution < 1.29 is 19.2 Å². The summed E-state index contributed by atoms with van der Waals surface area (Å²) in [5, 5.41) is 17.8. The molecule has 2 heterocycles. The maximum absolute atomic E-state index is 13.4. The van der Waals surface area contributed by atoms with Crippen LogP contribution in [0.1, 0.15) is 23.6 Å². The second-order valence-electron chi connectivity index (χ2n) is 8.17. The van der Waals surface area contributed by atoms with Gasteiger partial charge in [-0.05, 0) is 41.5 Å². The molecule has 0 spiro atoms. The smallest absolute Gasteiger partial charge is 0.281 e. The van der Waals surface area contributed by atoms with Crippen molar-refractivity contribution in [2.24, 2.45) is 5.10 Å². The van der Waals surface area contributed by atoms with Gasteiger partial charge in [0.15, 0.2) is 6.61 Å². The SMILES string of the molecule is COc1ccc(C2CC(c3ccccc3)=NN2C(=O)COc2ccc([N+](=O)[O-])c3cccnc23)cc1. The molecule has 0 saturated heterocycles. The summed E-state index contributed by atoms with van der Waals surface area (Å²) < 4.78 is 11.1. The predicted octanol–water partition coefficient (Wildman–Crippen LogP) is 4.91. The molecule has 1 aliphatic rings. The molecule has 0 bridgehead atoms. The molecule has 0 saturated carbocycles. The lowest BCUT2D eigenvalue weighted by atomic mass is 9.98. The van der Waals surface area contributed by atoms with Gasteiger partial charge in [-0.25, -0.2) is 5.01 Å². The van der Waals surface area contributed by atoms with Gasteiger partial charge in [0.2, 0.25) is 0 Å². The van der Waals surface area contributed by atoms with Crippen LogP contribution in [0.15, 0.2) is 90.2 Å². The normalized spacial score (nSPS) is 15.0. The van der Waals surface area contributed by atoms with Crippen molar-refractivity contribution in [2.45, 2.75) is 12.5 Å². The van der Waals surface area contributed by atoms with Crippen molar-refractivity contribution in [1.82, 2.24) is 9.99 Å². The molecular weight excluding hydrogens is 460 g/mol. The summed E-state index contributed by atoms with van der Waals surface area (Å²) >= 11 is 0. The van der Waals surface area contributed by atoms with Gasteiger partial charge in [-0.15, -0.1) is 0 Å². The first-order chi connectivity index (χ1) is 17.5. The second kappa shape index (κ2) is 9.83. The Balaban J connectivity index is 1.42. The zero-order valence-corrected chi connectivity index (χ0v) is 19.4. The number of ether oxygens (including phenoxy) is 2. The van der Waals surface area contributed by atoms with Crippen LogP contribution in [0.4, 0.5) is 5.69 Å². The molecule has 0 radical (unpaired) electrons. The summed E-state index contributed by atoms with van der Waals surface area (Å²) in [6.07, 6.45) is 2.07. The Bertz CT molecular complexity index is 1450. The summed E-state index contributed by atoms with van der Waals surface area (Å²) in [5.41, 5.74) is 2.90. The molecule has 0 N–H and O–H groups in total. The average molecular weight is 482 g/mol. The molecule has 4 aromatic rings. The minimum Gasteiger partial charge on any atom is -0.497 e.